The van der Waals surface area contributed by atoms with Crippen molar-refractivity contribution >= 4 is 11.5 Å². The minimum absolute atomic E-state index is 0.0711. The highest BCUT2D eigenvalue weighted by atomic mass is 16.5. The topological polar surface area (TPSA) is 97.0 Å². The van der Waals surface area contributed by atoms with Crippen molar-refractivity contribution in [2.75, 3.05) is 55.8 Å². The number of benzene rings is 2. The van der Waals surface area contributed by atoms with E-state index >= 15 is 0 Å². The van der Waals surface area contributed by atoms with Crippen LogP contribution in [-0.2, 0) is 17.8 Å². The van der Waals surface area contributed by atoms with E-state index in [1.165, 1.54) is 16.8 Å². The Kier molecular flexibility index (Phi) is 7.38. The molecule has 1 atom stereocenters. The third-order valence-electron chi connectivity index (χ3n) is 8.36. The number of nitrogens with two attached hydrogens (primary N) is 1. The maximum Gasteiger partial charge on any atom is 0.152 e. The van der Waals surface area contributed by atoms with Crippen LogP contribution in [0.5, 0.6) is 5.75 Å². The molecule has 6 rings (SSSR count). The molecule has 0 radical (unpaired) electrons. The molecule has 3 aliphatic rings. The minimum atomic E-state index is -0.184. The lowest BCUT2D eigenvalue weighted by molar-refractivity contribution is 0.122. The van der Waals surface area contributed by atoms with Crippen molar-refractivity contribution in [3.63, 3.8) is 0 Å². The molecule has 8 heteroatoms. The summed E-state index contributed by atoms with van der Waals surface area (Å²) in [5.74, 6) is 7.54. The zero-order valence-electron chi connectivity index (χ0n) is 22.2. The van der Waals surface area contributed by atoms with Crippen LogP contribution in [0.4, 0.5) is 11.5 Å². The Bertz CT molecular complexity index is 1350. The summed E-state index contributed by atoms with van der Waals surface area (Å²) in [7, 11) is 0. The number of aromatic nitrogens is 2. The van der Waals surface area contributed by atoms with Crippen molar-refractivity contribution in [3.8, 4) is 17.6 Å². The van der Waals surface area contributed by atoms with Gasteiger partial charge in [0.1, 0.15) is 23.7 Å². The molecule has 39 heavy (non-hydrogen) atoms. The second-order valence-electron chi connectivity index (χ2n) is 10.6. The van der Waals surface area contributed by atoms with E-state index in [4.69, 9.17) is 15.2 Å². The van der Waals surface area contributed by atoms with Crippen LogP contribution in [-0.4, -0.2) is 61.1 Å². The number of hydrogen-bond donors (Lipinski definition) is 2. The Labute approximate surface area is 229 Å². The first-order chi connectivity index (χ1) is 19.1. The van der Waals surface area contributed by atoms with Gasteiger partial charge in [-0.25, -0.2) is 9.97 Å². The number of piperidine rings is 1. The molecule has 2 aliphatic heterocycles. The van der Waals surface area contributed by atoms with Crippen LogP contribution in [0.1, 0.15) is 41.4 Å². The highest BCUT2D eigenvalue weighted by Gasteiger charge is 2.46. The van der Waals surface area contributed by atoms with Gasteiger partial charge in [0.05, 0.1) is 26.0 Å². The second-order valence-corrected chi connectivity index (χ2v) is 10.6. The Morgan fingerprint density at radius 3 is 2.54 bits per heavy atom. The molecule has 3 heterocycles. The van der Waals surface area contributed by atoms with E-state index < -0.39 is 0 Å². The van der Waals surface area contributed by atoms with Crippen LogP contribution in [0.2, 0.25) is 0 Å². The summed E-state index contributed by atoms with van der Waals surface area (Å²) in [4.78, 5) is 13.8. The molecule has 0 amide bonds. The molecule has 2 saturated heterocycles. The quantitative estimate of drug-likeness (QED) is 0.491. The molecule has 1 spiro atoms. The van der Waals surface area contributed by atoms with Crippen LogP contribution >= 0.6 is 0 Å². The molecule has 2 aromatic carbocycles. The molecule has 0 saturated carbocycles. The summed E-state index contributed by atoms with van der Waals surface area (Å²) in [6.07, 6.45) is 4.69. The predicted molar refractivity (Wildman–Crippen MR) is 151 cm³/mol. The van der Waals surface area contributed by atoms with E-state index in [1.807, 2.05) is 12.1 Å². The monoisotopic (exact) mass is 525 g/mol. The summed E-state index contributed by atoms with van der Waals surface area (Å²) >= 11 is 0. The van der Waals surface area contributed by atoms with Crippen LogP contribution in [0.3, 0.4) is 0 Å². The van der Waals surface area contributed by atoms with Gasteiger partial charge >= 0.3 is 0 Å². The third kappa shape index (κ3) is 5.30. The summed E-state index contributed by atoms with van der Waals surface area (Å²) in [6.45, 7) is 5.07. The average Bonchev–Trinajstić information content (AvgIpc) is 3.27. The molecule has 1 aromatic heterocycles. The summed E-state index contributed by atoms with van der Waals surface area (Å²) in [5, 5.41) is 10.0. The van der Waals surface area contributed by atoms with Gasteiger partial charge in [-0.1, -0.05) is 30.2 Å². The molecule has 0 bridgehead atoms. The Hall–Kier alpha value is -3.64. The van der Waals surface area contributed by atoms with E-state index in [9.17, 15) is 5.11 Å². The van der Waals surface area contributed by atoms with Crippen molar-refractivity contribution < 1.29 is 14.6 Å². The van der Waals surface area contributed by atoms with Gasteiger partial charge in [-0.3, -0.25) is 0 Å². The minimum Gasteiger partial charge on any atom is -0.481 e. The number of ether oxygens (including phenoxy) is 2. The van der Waals surface area contributed by atoms with E-state index in [0.717, 1.165) is 70.2 Å². The molecule has 1 aliphatic carbocycles. The predicted octanol–water partition coefficient (Wildman–Crippen LogP) is 3.08. The molecular formula is C31H35N5O3. The van der Waals surface area contributed by atoms with Gasteiger partial charge < -0.3 is 30.1 Å². The van der Waals surface area contributed by atoms with Crippen molar-refractivity contribution in [2.24, 2.45) is 11.1 Å². The number of hydrogen-bond acceptors (Lipinski definition) is 8. The third-order valence-corrected chi connectivity index (χ3v) is 8.36. The fourth-order valence-corrected chi connectivity index (χ4v) is 6.14. The summed E-state index contributed by atoms with van der Waals surface area (Å²) in [6, 6.07) is 16.7. The van der Waals surface area contributed by atoms with E-state index in [1.54, 1.807) is 6.20 Å². The standard InChI is InChI=1S/C31H35N5O3/c32-29-27-6-2-1-4-23(27)20-31(29)11-13-36(14-12-31)30-28(22-37)34-24(21-33-30)5-3-17-39-26-9-7-25(8-10-26)35-15-18-38-19-16-35/h1-2,4,6-10,21,29,37H,11-20,22,32H2. The molecule has 3 N–H and O–H groups in total. The summed E-state index contributed by atoms with van der Waals surface area (Å²) < 4.78 is 11.2. The van der Waals surface area contributed by atoms with Crippen LogP contribution in [0.15, 0.2) is 54.7 Å². The van der Waals surface area contributed by atoms with Gasteiger partial charge in [-0.05, 0) is 66.0 Å². The second kappa shape index (κ2) is 11.2. The van der Waals surface area contributed by atoms with Gasteiger partial charge in [0.25, 0.3) is 0 Å². The number of nitrogens with zero attached hydrogens (tertiary/aromatic N) is 4. The first-order valence-corrected chi connectivity index (χ1v) is 13.7. The zero-order chi connectivity index (χ0) is 26.7. The number of rotatable bonds is 5. The fraction of sp³-hybridized carbons (Fsp3) is 0.419. The Balaban J connectivity index is 1.05. The number of morpholine rings is 1. The fourth-order valence-electron chi connectivity index (χ4n) is 6.14. The van der Waals surface area contributed by atoms with Crippen molar-refractivity contribution in [3.05, 3.63) is 77.2 Å². The lowest BCUT2D eigenvalue weighted by atomic mass is 9.73. The highest BCUT2D eigenvalue weighted by molar-refractivity contribution is 5.50. The molecule has 3 aromatic rings. The number of aliphatic hydroxyl groups is 1. The van der Waals surface area contributed by atoms with Crippen LogP contribution in [0.25, 0.3) is 0 Å². The van der Waals surface area contributed by atoms with Gasteiger partial charge in [0, 0.05) is 37.9 Å². The molecule has 202 valence electrons. The molecule has 2 fully saturated rings. The first kappa shape index (κ1) is 25.6. The summed E-state index contributed by atoms with van der Waals surface area (Å²) in [5.41, 5.74) is 11.7. The Morgan fingerprint density at radius 2 is 1.79 bits per heavy atom. The number of anilines is 2. The normalized spacial score (nSPS) is 19.9. The molecule has 1 unspecified atom stereocenters. The smallest absolute Gasteiger partial charge is 0.152 e. The van der Waals surface area contributed by atoms with Crippen molar-refractivity contribution in [1.29, 1.82) is 0 Å². The maximum absolute atomic E-state index is 10.0. The van der Waals surface area contributed by atoms with Gasteiger partial charge in [0.2, 0.25) is 0 Å². The zero-order valence-corrected chi connectivity index (χ0v) is 22.2. The highest BCUT2D eigenvalue weighted by Crippen LogP contribution is 2.51. The largest absolute Gasteiger partial charge is 0.481 e. The molecule has 8 nitrogen and oxygen atoms in total. The van der Waals surface area contributed by atoms with E-state index in [-0.39, 0.29) is 24.7 Å². The lowest BCUT2D eigenvalue weighted by Gasteiger charge is -2.42. The van der Waals surface area contributed by atoms with Gasteiger partial charge in [-0.15, -0.1) is 0 Å². The van der Waals surface area contributed by atoms with Crippen molar-refractivity contribution in [1.82, 2.24) is 9.97 Å². The van der Waals surface area contributed by atoms with Crippen molar-refractivity contribution in [2.45, 2.75) is 31.9 Å². The average molecular weight is 526 g/mol. The molecular weight excluding hydrogens is 490 g/mol. The van der Waals surface area contributed by atoms with Gasteiger partial charge in [-0.2, -0.15) is 0 Å². The SMILES string of the molecule is NC1c2ccccc2CC12CCN(c1ncc(C#CCOc3ccc(N4CCOCC4)cc3)nc1CO)CC2. The van der Waals surface area contributed by atoms with Crippen LogP contribution in [0, 0.1) is 17.3 Å². The lowest BCUT2D eigenvalue weighted by Crippen LogP contribution is -2.45. The Morgan fingerprint density at radius 1 is 1.03 bits per heavy atom. The number of fused-ring (bicyclic) bond motifs is 1. The van der Waals surface area contributed by atoms with Gasteiger partial charge in [0.15, 0.2) is 5.82 Å². The first-order valence-electron chi connectivity index (χ1n) is 13.7. The van der Waals surface area contributed by atoms with Crippen LogP contribution < -0.4 is 20.3 Å². The van der Waals surface area contributed by atoms with E-state index in [2.05, 4.69) is 68.0 Å². The maximum atomic E-state index is 10.0. The number of aliphatic hydroxyl groups excluding tert-OH is 1. The van der Waals surface area contributed by atoms with E-state index in [0.29, 0.717) is 11.4 Å².